The molecule has 0 radical (unpaired) electrons. The molecule has 1 saturated heterocycles. The van der Waals surface area contributed by atoms with Crippen LogP contribution in [-0.2, 0) is 11.2 Å². The number of carbonyl (C=O) groups is 2. The highest BCUT2D eigenvalue weighted by molar-refractivity contribution is 5.93. The summed E-state index contributed by atoms with van der Waals surface area (Å²) in [6, 6.07) is 8.33. The van der Waals surface area contributed by atoms with E-state index in [-0.39, 0.29) is 11.9 Å². The van der Waals surface area contributed by atoms with E-state index >= 15 is 0 Å². The first-order chi connectivity index (χ1) is 11.7. The van der Waals surface area contributed by atoms with E-state index in [1.165, 1.54) is 0 Å². The van der Waals surface area contributed by atoms with Crippen molar-refractivity contribution < 1.29 is 9.59 Å². The molecule has 0 spiro atoms. The minimum atomic E-state index is 0.00628. The molecule has 2 N–H and O–H groups in total. The highest BCUT2D eigenvalue weighted by Crippen LogP contribution is 2.19. The molecule has 1 heterocycles. The Kier molecular flexibility index (Phi) is 5.35. The summed E-state index contributed by atoms with van der Waals surface area (Å²) in [5.41, 5.74) is 2.04. The normalized spacial score (nSPS) is 18.3. The van der Waals surface area contributed by atoms with Gasteiger partial charge in [-0.15, -0.1) is 0 Å². The lowest BCUT2D eigenvalue weighted by atomic mass is 10.1. The second-order valence-corrected chi connectivity index (χ2v) is 6.55. The van der Waals surface area contributed by atoms with Crippen LogP contribution in [0.15, 0.2) is 24.3 Å². The van der Waals surface area contributed by atoms with Crippen LogP contribution in [0.1, 0.15) is 25.3 Å². The summed E-state index contributed by atoms with van der Waals surface area (Å²) >= 11 is 0. The fourth-order valence-electron chi connectivity index (χ4n) is 2.95. The van der Waals surface area contributed by atoms with Gasteiger partial charge in [0.05, 0.1) is 6.54 Å². The number of piperazine rings is 1. The number of carbonyl (C=O) groups excluding carboxylic acids is 2. The van der Waals surface area contributed by atoms with Gasteiger partial charge in [0.2, 0.25) is 5.91 Å². The minimum absolute atomic E-state index is 0.00628. The van der Waals surface area contributed by atoms with Crippen molar-refractivity contribution in [2.45, 2.75) is 32.2 Å². The lowest BCUT2D eigenvalue weighted by molar-refractivity contribution is -0.117. The van der Waals surface area contributed by atoms with Gasteiger partial charge in [-0.05, 0) is 30.9 Å². The zero-order chi connectivity index (χ0) is 16.9. The van der Waals surface area contributed by atoms with Gasteiger partial charge in [-0.3, -0.25) is 9.69 Å². The first kappa shape index (κ1) is 16.8. The molecule has 0 bridgehead atoms. The molecule has 2 fully saturated rings. The Morgan fingerprint density at radius 2 is 1.83 bits per heavy atom. The van der Waals surface area contributed by atoms with Crippen LogP contribution in [0.3, 0.4) is 0 Å². The van der Waals surface area contributed by atoms with E-state index in [1.54, 1.807) is 0 Å². The van der Waals surface area contributed by atoms with Gasteiger partial charge >= 0.3 is 6.03 Å². The number of nitrogens with zero attached hydrogens (tertiary/aromatic N) is 2. The molecule has 6 nitrogen and oxygen atoms in total. The molecule has 6 heteroatoms. The second kappa shape index (κ2) is 7.66. The summed E-state index contributed by atoms with van der Waals surface area (Å²) in [6.07, 6.45) is 3.10. The van der Waals surface area contributed by atoms with Crippen molar-refractivity contribution in [3.63, 3.8) is 0 Å². The summed E-state index contributed by atoms with van der Waals surface area (Å²) in [5.74, 6) is 0.00628. The molecule has 1 aromatic carbocycles. The number of urea groups is 1. The predicted molar refractivity (Wildman–Crippen MR) is 94.0 cm³/mol. The Morgan fingerprint density at radius 3 is 2.50 bits per heavy atom. The lowest BCUT2D eigenvalue weighted by Gasteiger charge is -2.34. The number of benzene rings is 1. The molecule has 3 rings (SSSR count). The molecule has 1 aliphatic heterocycles. The van der Waals surface area contributed by atoms with Gasteiger partial charge in [0.1, 0.15) is 0 Å². The van der Waals surface area contributed by atoms with Crippen LogP contribution >= 0.6 is 0 Å². The number of anilines is 1. The van der Waals surface area contributed by atoms with Crippen LogP contribution in [0.5, 0.6) is 0 Å². The fraction of sp³-hybridized carbons (Fsp3) is 0.556. The van der Waals surface area contributed by atoms with Crippen molar-refractivity contribution in [1.82, 2.24) is 15.1 Å². The van der Waals surface area contributed by atoms with Crippen LogP contribution in [0.4, 0.5) is 10.5 Å². The molecular formula is C18H26N4O2. The SMILES string of the molecule is CCc1ccccc1NC(=O)CN1CCN(C(=O)NC2CC2)CC1. The maximum Gasteiger partial charge on any atom is 0.317 e. The van der Waals surface area contributed by atoms with E-state index in [9.17, 15) is 9.59 Å². The summed E-state index contributed by atoms with van der Waals surface area (Å²) in [5, 5.41) is 6.02. The summed E-state index contributed by atoms with van der Waals surface area (Å²) < 4.78 is 0. The molecule has 3 amide bonds. The largest absolute Gasteiger partial charge is 0.335 e. The number of nitrogens with one attached hydrogen (secondary N) is 2. The van der Waals surface area contributed by atoms with E-state index in [0.717, 1.165) is 43.6 Å². The number of rotatable bonds is 5. The lowest BCUT2D eigenvalue weighted by Crippen LogP contribution is -2.53. The molecule has 1 aliphatic carbocycles. The number of para-hydroxylation sites is 1. The molecule has 2 aliphatic rings. The molecule has 1 aromatic rings. The number of hydrogen-bond donors (Lipinski definition) is 2. The molecule has 1 saturated carbocycles. The topological polar surface area (TPSA) is 64.7 Å². The van der Waals surface area contributed by atoms with Crippen LogP contribution in [-0.4, -0.2) is 60.5 Å². The molecule has 130 valence electrons. The van der Waals surface area contributed by atoms with Gasteiger partial charge in [0.15, 0.2) is 0 Å². The van der Waals surface area contributed by atoms with E-state index < -0.39 is 0 Å². The number of hydrogen-bond acceptors (Lipinski definition) is 3. The maximum absolute atomic E-state index is 12.3. The van der Waals surface area contributed by atoms with E-state index in [0.29, 0.717) is 25.7 Å². The van der Waals surface area contributed by atoms with Gasteiger partial charge < -0.3 is 15.5 Å². The maximum atomic E-state index is 12.3. The average Bonchev–Trinajstić information content (AvgIpc) is 3.40. The Hall–Kier alpha value is -2.08. The van der Waals surface area contributed by atoms with Crippen LogP contribution in [0.25, 0.3) is 0 Å². The average molecular weight is 330 g/mol. The standard InChI is InChI=1S/C18H26N4O2/c1-2-14-5-3-4-6-16(14)20-17(23)13-21-9-11-22(12-10-21)18(24)19-15-7-8-15/h3-6,15H,2,7-13H2,1H3,(H,19,24)(H,20,23). The third-order valence-electron chi connectivity index (χ3n) is 4.60. The van der Waals surface area contributed by atoms with Crippen molar-refractivity contribution in [1.29, 1.82) is 0 Å². The van der Waals surface area contributed by atoms with E-state index in [4.69, 9.17) is 0 Å². The fourth-order valence-corrected chi connectivity index (χ4v) is 2.95. The van der Waals surface area contributed by atoms with Gasteiger partial charge in [-0.2, -0.15) is 0 Å². The van der Waals surface area contributed by atoms with Crippen LogP contribution in [0, 0.1) is 0 Å². The smallest absolute Gasteiger partial charge is 0.317 e. The van der Waals surface area contributed by atoms with Crippen molar-refractivity contribution >= 4 is 17.6 Å². The highest BCUT2D eigenvalue weighted by atomic mass is 16.2. The zero-order valence-electron chi connectivity index (χ0n) is 14.3. The molecule has 0 aromatic heterocycles. The van der Waals surface area contributed by atoms with E-state index in [1.807, 2.05) is 29.2 Å². The Morgan fingerprint density at radius 1 is 1.12 bits per heavy atom. The van der Waals surface area contributed by atoms with Gasteiger partial charge in [0, 0.05) is 37.9 Å². The van der Waals surface area contributed by atoms with Crippen LogP contribution < -0.4 is 10.6 Å². The Bertz CT molecular complexity index is 592. The summed E-state index contributed by atoms with van der Waals surface area (Å²) in [6.45, 7) is 5.28. The van der Waals surface area contributed by atoms with Crippen LogP contribution in [0.2, 0.25) is 0 Å². The Labute approximate surface area is 143 Å². The van der Waals surface area contributed by atoms with Crippen molar-refractivity contribution in [2.75, 3.05) is 38.0 Å². The third kappa shape index (κ3) is 4.47. The molecule has 0 atom stereocenters. The van der Waals surface area contributed by atoms with Crippen molar-refractivity contribution in [2.24, 2.45) is 0 Å². The van der Waals surface area contributed by atoms with Crippen molar-refractivity contribution in [3.05, 3.63) is 29.8 Å². The number of aryl methyl sites for hydroxylation is 1. The first-order valence-electron chi connectivity index (χ1n) is 8.81. The zero-order valence-corrected chi connectivity index (χ0v) is 14.3. The van der Waals surface area contributed by atoms with Crippen molar-refractivity contribution in [3.8, 4) is 0 Å². The van der Waals surface area contributed by atoms with Gasteiger partial charge in [-0.25, -0.2) is 4.79 Å². The minimum Gasteiger partial charge on any atom is -0.335 e. The Balaban J connectivity index is 1.43. The molecule has 24 heavy (non-hydrogen) atoms. The quantitative estimate of drug-likeness (QED) is 0.863. The van der Waals surface area contributed by atoms with Gasteiger partial charge in [-0.1, -0.05) is 25.1 Å². The molecule has 0 unspecified atom stereocenters. The second-order valence-electron chi connectivity index (χ2n) is 6.55. The summed E-state index contributed by atoms with van der Waals surface area (Å²) in [4.78, 5) is 28.2. The number of amides is 3. The third-order valence-corrected chi connectivity index (χ3v) is 4.60. The van der Waals surface area contributed by atoms with E-state index in [2.05, 4.69) is 22.5 Å². The first-order valence-corrected chi connectivity index (χ1v) is 8.81. The predicted octanol–water partition coefficient (Wildman–Crippen LogP) is 1.68. The highest BCUT2D eigenvalue weighted by Gasteiger charge is 2.28. The van der Waals surface area contributed by atoms with Gasteiger partial charge in [0.25, 0.3) is 0 Å². The monoisotopic (exact) mass is 330 g/mol. The summed E-state index contributed by atoms with van der Waals surface area (Å²) in [7, 11) is 0. The molecular weight excluding hydrogens is 304 g/mol.